The molecule has 1 aliphatic heterocycles. The molecule has 0 unspecified atom stereocenters. The third kappa shape index (κ3) is 4.14. The zero-order chi connectivity index (χ0) is 15.2. The zero-order valence-corrected chi connectivity index (χ0v) is 13.2. The molecule has 1 aliphatic rings. The number of aromatic nitrogens is 2. The van der Waals surface area contributed by atoms with E-state index in [2.05, 4.69) is 27.5 Å². The number of carbonyl (C=O) groups excluding carboxylic acids is 1. The van der Waals surface area contributed by atoms with Gasteiger partial charge >= 0.3 is 0 Å². The van der Waals surface area contributed by atoms with Crippen LogP contribution < -0.4 is 10.2 Å². The summed E-state index contributed by atoms with van der Waals surface area (Å²) < 4.78 is 0. The fraction of sp³-hybridized carbons (Fsp3) is 0.667. The highest BCUT2D eigenvalue weighted by Crippen LogP contribution is 2.20. The fourth-order valence-electron chi connectivity index (χ4n) is 2.66. The summed E-state index contributed by atoms with van der Waals surface area (Å²) in [6.07, 6.45) is 2.55. The molecular formula is C15H25N5O. The van der Waals surface area contributed by atoms with Crippen molar-refractivity contribution >= 4 is 11.7 Å². The molecule has 1 amide bonds. The minimum absolute atomic E-state index is 0.251. The van der Waals surface area contributed by atoms with E-state index in [4.69, 9.17) is 0 Å². The van der Waals surface area contributed by atoms with Crippen molar-refractivity contribution in [2.24, 2.45) is 0 Å². The second kappa shape index (κ2) is 7.36. The van der Waals surface area contributed by atoms with Gasteiger partial charge in [0.15, 0.2) is 5.82 Å². The van der Waals surface area contributed by atoms with Crippen molar-refractivity contribution in [2.45, 2.75) is 32.2 Å². The van der Waals surface area contributed by atoms with E-state index in [-0.39, 0.29) is 5.91 Å². The molecule has 6 nitrogen and oxygen atoms in total. The predicted molar refractivity (Wildman–Crippen MR) is 83.3 cm³/mol. The molecule has 1 N–H and O–H groups in total. The molecule has 2 rings (SSSR count). The lowest BCUT2D eigenvalue weighted by Crippen LogP contribution is -2.46. The van der Waals surface area contributed by atoms with Gasteiger partial charge in [0.2, 0.25) is 5.91 Å². The summed E-state index contributed by atoms with van der Waals surface area (Å²) in [7, 11) is 3.93. The third-order valence-electron chi connectivity index (χ3n) is 4.10. The predicted octanol–water partition coefficient (Wildman–Crippen LogP) is 0.822. The van der Waals surface area contributed by atoms with E-state index in [1.54, 1.807) is 0 Å². The summed E-state index contributed by atoms with van der Waals surface area (Å²) in [5.41, 5.74) is 0.928. The molecule has 1 saturated heterocycles. The van der Waals surface area contributed by atoms with Gasteiger partial charge in [-0.15, -0.1) is 5.10 Å². The minimum atomic E-state index is 0.251. The molecule has 1 aromatic rings. The Labute approximate surface area is 126 Å². The first-order valence-corrected chi connectivity index (χ1v) is 7.57. The van der Waals surface area contributed by atoms with Crippen molar-refractivity contribution in [1.29, 1.82) is 0 Å². The average molecular weight is 291 g/mol. The van der Waals surface area contributed by atoms with Crippen LogP contribution >= 0.6 is 0 Å². The van der Waals surface area contributed by atoms with Crippen molar-refractivity contribution in [3.63, 3.8) is 0 Å². The van der Waals surface area contributed by atoms with Gasteiger partial charge in [0.05, 0.1) is 5.69 Å². The summed E-state index contributed by atoms with van der Waals surface area (Å²) in [5.74, 6) is 1.15. The van der Waals surface area contributed by atoms with Crippen LogP contribution in [-0.4, -0.2) is 60.8 Å². The monoisotopic (exact) mass is 291 g/mol. The number of aryl methyl sites for hydroxylation is 1. The van der Waals surface area contributed by atoms with Crippen LogP contribution in [0.25, 0.3) is 0 Å². The van der Waals surface area contributed by atoms with Crippen LogP contribution in [0.2, 0.25) is 0 Å². The molecule has 0 atom stereocenters. The molecule has 0 aromatic carbocycles. The van der Waals surface area contributed by atoms with E-state index in [0.29, 0.717) is 12.5 Å². The maximum Gasteiger partial charge on any atom is 0.223 e. The number of nitrogens with zero attached hydrogens (tertiary/aromatic N) is 4. The van der Waals surface area contributed by atoms with E-state index >= 15 is 0 Å². The maximum atomic E-state index is 12.0. The normalized spacial score (nSPS) is 16.0. The minimum Gasteiger partial charge on any atom is -0.355 e. The van der Waals surface area contributed by atoms with Crippen LogP contribution in [-0.2, 0) is 4.79 Å². The highest BCUT2D eigenvalue weighted by atomic mass is 16.2. The molecule has 1 aromatic heterocycles. The fourth-order valence-corrected chi connectivity index (χ4v) is 2.66. The number of hydrogen-bond donors (Lipinski definition) is 1. The lowest BCUT2D eigenvalue weighted by Gasteiger charge is -2.37. The number of anilines is 1. The number of likely N-dealkylation sites (tertiary alicyclic amines) is 1. The Hall–Kier alpha value is -1.69. The van der Waals surface area contributed by atoms with E-state index in [1.165, 1.54) is 0 Å². The summed E-state index contributed by atoms with van der Waals surface area (Å²) in [6, 6.07) is 4.41. The summed E-state index contributed by atoms with van der Waals surface area (Å²) >= 11 is 0. The Morgan fingerprint density at radius 3 is 2.67 bits per heavy atom. The van der Waals surface area contributed by atoms with Crippen LogP contribution in [0.1, 0.15) is 25.0 Å². The van der Waals surface area contributed by atoms with Crippen molar-refractivity contribution in [2.75, 3.05) is 38.6 Å². The summed E-state index contributed by atoms with van der Waals surface area (Å²) in [6.45, 7) is 4.34. The number of piperidine rings is 1. The Kier molecular flexibility index (Phi) is 5.50. The maximum absolute atomic E-state index is 12.0. The molecule has 2 heterocycles. The molecule has 0 bridgehead atoms. The van der Waals surface area contributed by atoms with Gasteiger partial charge in [0.25, 0.3) is 0 Å². The van der Waals surface area contributed by atoms with E-state index < -0.39 is 0 Å². The molecule has 0 radical (unpaired) electrons. The highest BCUT2D eigenvalue weighted by Gasteiger charge is 2.25. The Morgan fingerprint density at radius 1 is 1.38 bits per heavy atom. The largest absolute Gasteiger partial charge is 0.355 e. The topological polar surface area (TPSA) is 61.4 Å². The van der Waals surface area contributed by atoms with Crippen molar-refractivity contribution in [3.8, 4) is 0 Å². The van der Waals surface area contributed by atoms with E-state index in [9.17, 15) is 4.79 Å². The lowest BCUT2D eigenvalue weighted by molar-refractivity contribution is -0.132. The Balaban J connectivity index is 1.85. The SMILES string of the molecule is CNCCC(=O)N1CCC(N(C)c2ccc(C)nn2)CC1. The molecule has 0 aliphatic carbocycles. The van der Waals surface area contributed by atoms with Crippen LogP contribution in [0.4, 0.5) is 5.82 Å². The summed E-state index contributed by atoms with van der Waals surface area (Å²) in [4.78, 5) is 16.1. The standard InChI is InChI=1S/C15H25N5O/c1-12-4-5-14(18-17-12)19(3)13-7-10-20(11-8-13)15(21)6-9-16-2/h4-5,13,16H,6-11H2,1-3H3. The summed E-state index contributed by atoms with van der Waals surface area (Å²) in [5, 5.41) is 11.4. The smallest absolute Gasteiger partial charge is 0.223 e. The van der Waals surface area contributed by atoms with Gasteiger partial charge in [-0.25, -0.2) is 0 Å². The van der Waals surface area contributed by atoms with Gasteiger partial charge in [0, 0.05) is 39.1 Å². The second-order valence-electron chi connectivity index (χ2n) is 5.61. The molecule has 21 heavy (non-hydrogen) atoms. The average Bonchev–Trinajstić information content (AvgIpc) is 2.53. The number of carbonyl (C=O) groups is 1. The number of nitrogens with one attached hydrogen (secondary N) is 1. The first kappa shape index (κ1) is 15.7. The molecule has 0 saturated carbocycles. The van der Waals surface area contributed by atoms with Crippen LogP contribution in [0.3, 0.4) is 0 Å². The van der Waals surface area contributed by atoms with Crippen molar-refractivity contribution in [3.05, 3.63) is 17.8 Å². The lowest BCUT2D eigenvalue weighted by atomic mass is 10.0. The van der Waals surface area contributed by atoms with Gasteiger partial charge in [-0.2, -0.15) is 5.10 Å². The molecule has 116 valence electrons. The number of hydrogen-bond acceptors (Lipinski definition) is 5. The first-order valence-electron chi connectivity index (χ1n) is 7.57. The van der Waals surface area contributed by atoms with Gasteiger partial charge < -0.3 is 15.1 Å². The highest BCUT2D eigenvalue weighted by molar-refractivity contribution is 5.76. The van der Waals surface area contributed by atoms with Crippen LogP contribution in [0.15, 0.2) is 12.1 Å². The van der Waals surface area contributed by atoms with E-state index in [0.717, 1.165) is 44.0 Å². The van der Waals surface area contributed by atoms with Crippen LogP contribution in [0, 0.1) is 6.92 Å². The Morgan fingerprint density at radius 2 is 2.10 bits per heavy atom. The second-order valence-corrected chi connectivity index (χ2v) is 5.61. The molecule has 0 spiro atoms. The van der Waals surface area contributed by atoms with Crippen molar-refractivity contribution in [1.82, 2.24) is 20.4 Å². The zero-order valence-electron chi connectivity index (χ0n) is 13.2. The van der Waals surface area contributed by atoms with Crippen molar-refractivity contribution < 1.29 is 4.79 Å². The van der Waals surface area contributed by atoms with Gasteiger partial charge in [-0.3, -0.25) is 4.79 Å². The molecule has 6 heteroatoms. The Bertz CT molecular complexity index is 454. The van der Waals surface area contributed by atoms with Gasteiger partial charge in [-0.1, -0.05) is 0 Å². The van der Waals surface area contributed by atoms with E-state index in [1.807, 2.05) is 31.0 Å². The quantitative estimate of drug-likeness (QED) is 0.870. The molecule has 1 fully saturated rings. The van der Waals surface area contributed by atoms with Gasteiger partial charge in [0.1, 0.15) is 0 Å². The number of amides is 1. The molecular weight excluding hydrogens is 266 g/mol. The number of rotatable bonds is 5. The van der Waals surface area contributed by atoms with Gasteiger partial charge in [-0.05, 0) is 38.9 Å². The third-order valence-corrected chi connectivity index (χ3v) is 4.10. The van der Waals surface area contributed by atoms with Crippen LogP contribution in [0.5, 0.6) is 0 Å². The first-order chi connectivity index (χ1) is 10.1.